The van der Waals surface area contributed by atoms with Crippen molar-refractivity contribution >= 4 is 76.3 Å². The second kappa shape index (κ2) is 15.7. The molecular weight excluding hydrogens is 1000 g/mol. The minimum absolute atomic E-state index is 0. The summed E-state index contributed by atoms with van der Waals surface area (Å²) < 4.78 is 15.6. The summed E-state index contributed by atoms with van der Waals surface area (Å²) in [6.45, 7) is 6.68. The Balaban J connectivity index is 0.00000468. The van der Waals surface area contributed by atoms with Gasteiger partial charge in [0.2, 0.25) is 0 Å². The van der Waals surface area contributed by atoms with Crippen LogP contribution in [0.3, 0.4) is 0 Å². The van der Waals surface area contributed by atoms with E-state index in [1.54, 1.807) is 0 Å². The van der Waals surface area contributed by atoms with Crippen LogP contribution in [0.2, 0.25) is 0 Å². The molecule has 0 spiro atoms. The van der Waals surface area contributed by atoms with Crippen molar-refractivity contribution in [1.29, 1.82) is 0 Å². The molecular formula is C60H41N5OPt-2. The first-order valence-electron chi connectivity index (χ1n) is 22.4. The molecule has 0 bridgehead atoms. The van der Waals surface area contributed by atoms with E-state index in [0.29, 0.717) is 11.5 Å². The van der Waals surface area contributed by atoms with Crippen LogP contribution in [0.15, 0.2) is 194 Å². The van der Waals surface area contributed by atoms with Crippen molar-refractivity contribution in [3.8, 4) is 34.1 Å². The molecule has 5 aromatic heterocycles. The fraction of sp³-hybridized carbons (Fsp3) is 0.0667. The maximum absolute atomic E-state index is 6.68. The molecule has 13 rings (SSSR count). The van der Waals surface area contributed by atoms with Crippen molar-refractivity contribution < 1.29 is 30.2 Å². The average molecular weight is 1040 g/mol. The average Bonchev–Trinajstić information content (AvgIpc) is 4.05. The molecule has 0 fully saturated rings. The molecule has 0 saturated carbocycles. The first-order chi connectivity index (χ1) is 32.4. The molecule has 7 heteroatoms. The van der Waals surface area contributed by atoms with Gasteiger partial charge in [0.1, 0.15) is 5.82 Å². The first kappa shape index (κ1) is 40.7. The van der Waals surface area contributed by atoms with E-state index in [2.05, 4.69) is 223 Å². The van der Waals surface area contributed by atoms with E-state index in [1.165, 1.54) is 27.2 Å². The number of fused-ring (bicyclic) bond motifs is 13. The zero-order chi connectivity index (χ0) is 44.1. The van der Waals surface area contributed by atoms with Crippen LogP contribution in [0.1, 0.15) is 26.3 Å². The Hall–Kier alpha value is -7.79. The standard InChI is InChI=1S/C60H41N5O.Pt/c1-60(2,3)40-32-33-61-57(34-40)64-52-27-11-9-22-47(52)49-31-30-43(36-55(49)64)66-42-19-13-18-41(35-42)62-37-56-46-21-8-7-20-45(46)50-25-14-26-51-48-23-10-12-28-53(48)65(58(50)51)54-29-15-24-44(59(54)63(56)38-62)39-16-5-4-6-17-39;/h4-34,37H,1-3H3;/q-2;. The SMILES string of the molecule is CC(C)(C)c1ccnc(-n2c3[c-]c(Oc4[c-]c(-n5[c-][n+]6c(c5)c5ccccc5c5cccc7c8ccccc8n(c8cccc(-c9ccccc9)c86)c57)ccc4)ccc3c3ccccc32)c1.[Pt]. The fourth-order valence-electron chi connectivity index (χ4n) is 10.0. The second-order valence-electron chi connectivity index (χ2n) is 18.1. The number of hydrogen-bond donors (Lipinski definition) is 0. The molecule has 5 heterocycles. The van der Waals surface area contributed by atoms with Crippen LogP contribution in [-0.4, -0.2) is 18.5 Å². The Morgan fingerprint density at radius 3 is 2.00 bits per heavy atom. The summed E-state index contributed by atoms with van der Waals surface area (Å²) in [5, 5.41) is 8.06. The molecule has 0 saturated heterocycles. The maximum Gasteiger partial charge on any atom is 0.267 e. The van der Waals surface area contributed by atoms with Gasteiger partial charge in [-0.2, -0.15) is 18.2 Å². The van der Waals surface area contributed by atoms with E-state index in [1.807, 2.05) is 29.0 Å². The Morgan fingerprint density at radius 1 is 0.552 bits per heavy atom. The third-order valence-corrected chi connectivity index (χ3v) is 13.1. The predicted molar refractivity (Wildman–Crippen MR) is 268 cm³/mol. The van der Waals surface area contributed by atoms with Crippen molar-refractivity contribution in [3.05, 3.63) is 218 Å². The number of imidazole rings is 1. The number of aromatic nitrogens is 5. The topological polar surface area (TPSA) is 40.5 Å². The van der Waals surface area contributed by atoms with Crippen molar-refractivity contribution in [1.82, 2.24) is 18.5 Å². The van der Waals surface area contributed by atoms with Crippen LogP contribution in [0, 0.1) is 18.5 Å². The smallest absolute Gasteiger partial charge is 0.267 e. The molecule has 0 amide bonds. The van der Waals surface area contributed by atoms with Gasteiger partial charge >= 0.3 is 0 Å². The summed E-state index contributed by atoms with van der Waals surface area (Å²) in [6, 6.07) is 71.6. The molecule has 0 N–H and O–H groups in total. The Bertz CT molecular complexity index is 4140. The van der Waals surface area contributed by atoms with Gasteiger partial charge in [0.05, 0.1) is 27.6 Å². The summed E-state index contributed by atoms with van der Waals surface area (Å²) >= 11 is 0. The van der Waals surface area contributed by atoms with Gasteiger partial charge in [-0.25, -0.2) is 4.98 Å². The molecule has 0 aliphatic heterocycles. The molecule has 0 aliphatic rings. The number of benzene rings is 8. The maximum atomic E-state index is 6.68. The number of nitrogens with zero attached hydrogens (tertiary/aromatic N) is 5. The van der Waals surface area contributed by atoms with Crippen molar-refractivity contribution in [2.45, 2.75) is 26.2 Å². The van der Waals surface area contributed by atoms with E-state index in [9.17, 15) is 0 Å². The quantitative estimate of drug-likeness (QED) is 0.127. The van der Waals surface area contributed by atoms with E-state index in [4.69, 9.17) is 9.72 Å². The van der Waals surface area contributed by atoms with E-state index >= 15 is 0 Å². The van der Waals surface area contributed by atoms with Gasteiger partial charge in [-0.05, 0) is 74.3 Å². The summed E-state index contributed by atoms with van der Waals surface area (Å²) in [6.07, 6.45) is 7.91. The largest absolute Gasteiger partial charge is 0.510 e. The molecule has 324 valence electrons. The van der Waals surface area contributed by atoms with E-state index in [-0.39, 0.29) is 26.5 Å². The van der Waals surface area contributed by atoms with Gasteiger partial charge < -0.3 is 18.3 Å². The zero-order valence-corrected chi connectivity index (χ0v) is 39.2. The van der Waals surface area contributed by atoms with Crippen LogP contribution < -0.4 is 9.14 Å². The Kier molecular flexibility index (Phi) is 9.53. The molecule has 0 aliphatic carbocycles. The number of para-hydroxylation sites is 4. The van der Waals surface area contributed by atoms with E-state index in [0.717, 1.165) is 77.3 Å². The summed E-state index contributed by atoms with van der Waals surface area (Å²) in [5.41, 5.74) is 11.6. The van der Waals surface area contributed by atoms with Gasteiger partial charge in [0, 0.05) is 66.6 Å². The summed E-state index contributed by atoms with van der Waals surface area (Å²) in [5.74, 6) is 2.00. The predicted octanol–water partition coefficient (Wildman–Crippen LogP) is 14.3. The van der Waals surface area contributed by atoms with E-state index < -0.39 is 0 Å². The van der Waals surface area contributed by atoms with Crippen molar-refractivity contribution in [2.24, 2.45) is 0 Å². The van der Waals surface area contributed by atoms with Gasteiger partial charge in [0.25, 0.3) is 6.33 Å². The molecule has 8 aromatic carbocycles. The normalized spacial score (nSPS) is 12.0. The zero-order valence-electron chi connectivity index (χ0n) is 36.9. The molecule has 13 aromatic rings. The summed E-state index contributed by atoms with van der Waals surface area (Å²) in [4.78, 5) is 4.87. The number of rotatable bonds is 5. The molecule has 0 atom stereocenters. The fourth-order valence-corrected chi connectivity index (χ4v) is 10.0. The van der Waals surface area contributed by atoms with Gasteiger partial charge in [-0.3, -0.25) is 4.40 Å². The first-order valence-corrected chi connectivity index (χ1v) is 22.4. The van der Waals surface area contributed by atoms with Gasteiger partial charge in [-0.15, -0.1) is 29.7 Å². The number of pyridine rings is 1. The molecule has 6 nitrogen and oxygen atoms in total. The van der Waals surface area contributed by atoms with Gasteiger partial charge in [0.15, 0.2) is 0 Å². The van der Waals surface area contributed by atoms with Crippen LogP contribution in [-0.2, 0) is 26.5 Å². The second-order valence-corrected chi connectivity index (χ2v) is 18.1. The number of hydrogen-bond acceptors (Lipinski definition) is 2. The van der Waals surface area contributed by atoms with Crippen LogP contribution in [0.4, 0.5) is 0 Å². The molecule has 0 unspecified atom stereocenters. The summed E-state index contributed by atoms with van der Waals surface area (Å²) in [7, 11) is 0. The molecule has 67 heavy (non-hydrogen) atoms. The molecule has 0 radical (unpaired) electrons. The third-order valence-electron chi connectivity index (χ3n) is 13.1. The minimum atomic E-state index is -0.0332. The van der Waals surface area contributed by atoms with Gasteiger partial charge in [-0.1, -0.05) is 148 Å². The minimum Gasteiger partial charge on any atom is -0.510 e. The Morgan fingerprint density at radius 2 is 1.19 bits per heavy atom. The Labute approximate surface area is 401 Å². The van der Waals surface area contributed by atoms with Crippen LogP contribution in [0.25, 0.3) is 99.0 Å². The van der Waals surface area contributed by atoms with Crippen molar-refractivity contribution in [2.75, 3.05) is 0 Å². The van der Waals surface area contributed by atoms with Crippen molar-refractivity contribution in [3.63, 3.8) is 0 Å². The monoisotopic (exact) mass is 1040 g/mol. The number of ether oxygens (including phenoxy) is 1. The van der Waals surface area contributed by atoms with Crippen LogP contribution >= 0.6 is 0 Å². The third kappa shape index (κ3) is 6.50. The van der Waals surface area contributed by atoms with Crippen LogP contribution in [0.5, 0.6) is 11.5 Å².